The SMILES string of the molecule is CNc1cc(N2CC(C(N)=O)CCC2C)nc(C(C)C)n1. The lowest BCUT2D eigenvalue weighted by Gasteiger charge is -2.38. The number of piperidine rings is 1. The summed E-state index contributed by atoms with van der Waals surface area (Å²) in [6, 6.07) is 2.28. The Labute approximate surface area is 126 Å². The van der Waals surface area contributed by atoms with Crippen LogP contribution in [0.5, 0.6) is 0 Å². The molecule has 2 unspecified atom stereocenters. The zero-order valence-corrected chi connectivity index (χ0v) is 13.3. The molecule has 116 valence electrons. The van der Waals surface area contributed by atoms with Gasteiger partial charge in [-0.2, -0.15) is 0 Å². The van der Waals surface area contributed by atoms with E-state index < -0.39 is 0 Å². The van der Waals surface area contributed by atoms with Crippen molar-refractivity contribution in [2.24, 2.45) is 11.7 Å². The number of nitrogens with one attached hydrogen (secondary N) is 1. The maximum absolute atomic E-state index is 11.5. The molecule has 6 heteroatoms. The van der Waals surface area contributed by atoms with Crippen molar-refractivity contribution in [2.75, 3.05) is 23.8 Å². The van der Waals surface area contributed by atoms with Crippen LogP contribution in [0.3, 0.4) is 0 Å². The second-order valence-corrected chi connectivity index (χ2v) is 6.05. The summed E-state index contributed by atoms with van der Waals surface area (Å²) < 4.78 is 0. The van der Waals surface area contributed by atoms with Crippen molar-refractivity contribution in [3.05, 3.63) is 11.9 Å². The van der Waals surface area contributed by atoms with E-state index in [1.807, 2.05) is 13.1 Å². The average molecular weight is 291 g/mol. The van der Waals surface area contributed by atoms with Gasteiger partial charge in [0.15, 0.2) is 0 Å². The summed E-state index contributed by atoms with van der Waals surface area (Å²) in [6.45, 7) is 6.94. The number of carbonyl (C=O) groups excluding carboxylic acids is 1. The Morgan fingerprint density at radius 2 is 2.14 bits per heavy atom. The zero-order chi connectivity index (χ0) is 15.6. The molecule has 1 aliphatic rings. The summed E-state index contributed by atoms with van der Waals surface area (Å²) in [6.07, 6.45) is 1.80. The summed E-state index contributed by atoms with van der Waals surface area (Å²) in [5, 5.41) is 3.08. The number of carbonyl (C=O) groups is 1. The highest BCUT2D eigenvalue weighted by Gasteiger charge is 2.30. The number of nitrogens with two attached hydrogens (primary N) is 1. The molecule has 3 N–H and O–H groups in total. The predicted octanol–water partition coefficient (Wildman–Crippen LogP) is 1.73. The third kappa shape index (κ3) is 3.43. The van der Waals surface area contributed by atoms with E-state index in [1.54, 1.807) is 0 Å². The number of hydrogen-bond donors (Lipinski definition) is 2. The number of nitrogens with zero attached hydrogens (tertiary/aromatic N) is 3. The minimum Gasteiger partial charge on any atom is -0.373 e. The van der Waals surface area contributed by atoms with E-state index in [2.05, 4.69) is 41.0 Å². The van der Waals surface area contributed by atoms with E-state index in [-0.39, 0.29) is 17.7 Å². The lowest BCUT2D eigenvalue weighted by Crippen LogP contribution is -2.46. The maximum Gasteiger partial charge on any atom is 0.222 e. The van der Waals surface area contributed by atoms with Gasteiger partial charge in [0, 0.05) is 31.6 Å². The quantitative estimate of drug-likeness (QED) is 0.882. The summed E-state index contributed by atoms with van der Waals surface area (Å²) in [5.41, 5.74) is 5.48. The summed E-state index contributed by atoms with van der Waals surface area (Å²) in [7, 11) is 1.85. The smallest absolute Gasteiger partial charge is 0.222 e. The minimum atomic E-state index is -0.223. The molecule has 0 radical (unpaired) electrons. The van der Waals surface area contributed by atoms with Crippen molar-refractivity contribution >= 4 is 17.5 Å². The number of primary amides is 1. The molecule has 0 aliphatic carbocycles. The number of rotatable bonds is 4. The number of hydrogen-bond acceptors (Lipinski definition) is 5. The van der Waals surface area contributed by atoms with Crippen LogP contribution in [0.25, 0.3) is 0 Å². The predicted molar refractivity (Wildman–Crippen MR) is 84.4 cm³/mol. The van der Waals surface area contributed by atoms with Gasteiger partial charge in [-0.15, -0.1) is 0 Å². The molecule has 1 amide bonds. The Bertz CT molecular complexity index is 517. The van der Waals surface area contributed by atoms with E-state index in [9.17, 15) is 4.79 Å². The van der Waals surface area contributed by atoms with E-state index >= 15 is 0 Å². The van der Waals surface area contributed by atoms with Crippen LogP contribution in [0.1, 0.15) is 45.4 Å². The molecule has 0 bridgehead atoms. The van der Waals surface area contributed by atoms with E-state index in [0.29, 0.717) is 12.6 Å². The van der Waals surface area contributed by atoms with Crippen molar-refractivity contribution in [1.82, 2.24) is 9.97 Å². The van der Waals surface area contributed by atoms with Crippen molar-refractivity contribution in [1.29, 1.82) is 0 Å². The molecule has 1 fully saturated rings. The van der Waals surface area contributed by atoms with Crippen molar-refractivity contribution in [2.45, 2.75) is 45.6 Å². The first-order valence-electron chi connectivity index (χ1n) is 7.55. The normalized spacial score (nSPS) is 22.4. The molecule has 0 saturated carbocycles. The molecule has 2 heterocycles. The first-order chi connectivity index (χ1) is 9.92. The Kier molecular flexibility index (Phi) is 4.65. The number of anilines is 2. The lowest BCUT2D eigenvalue weighted by molar-refractivity contribution is -0.122. The van der Waals surface area contributed by atoms with Gasteiger partial charge in [0.25, 0.3) is 0 Å². The van der Waals surface area contributed by atoms with Crippen LogP contribution in [-0.4, -0.2) is 35.5 Å². The topological polar surface area (TPSA) is 84.1 Å². The maximum atomic E-state index is 11.5. The third-order valence-electron chi connectivity index (χ3n) is 4.08. The monoisotopic (exact) mass is 291 g/mol. The van der Waals surface area contributed by atoms with Crippen LogP contribution in [-0.2, 0) is 4.79 Å². The van der Waals surface area contributed by atoms with Gasteiger partial charge in [0.2, 0.25) is 5.91 Å². The Morgan fingerprint density at radius 1 is 1.43 bits per heavy atom. The molecule has 0 aromatic carbocycles. The Balaban J connectivity index is 2.34. The molecule has 2 rings (SSSR count). The van der Waals surface area contributed by atoms with Crippen LogP contribution in [0.2, 0.25) is 0 Å². The molecule has 1 saturated heterocycles. The van der Waals surface area contributed by atoms with Gasteiger partial charge < -0.3 is 16.0 Å². The fourth-order valence-corrected chi connectivity index (χ4v) is 2.64. The van der Waals surface area contributed by atoms with Crippen molar-refractivity contribution in [3.8, 4) is 0 Å². The Hall–Kier alpha value is -1.85. The van der Waals surface area contributed by atoms with Gasteiger partial charge in [0.05, 0.1) is 5.92 Å². The summed E-state index contributed by atoms with van der Waals surface area (Å²) >= 11 is 0. The van der Waals surface area contributed by atoms with Crippen LogP contribution in [0.15, 0.2) is 6.07 Å². The highest BCUT2D eigenvalue weighted by molar-refractivity contribution is 5.77. The van der Waals surface area contributed by atoms with Gasteiger partial charge in [-0.05, 0) is 19.8 Å². The molecule has 1 aromatic heterocycles. The van der Waals surface area contributed by atoms with Crippen LogP contribution in [0.4, 0.5) is 11.6 Å². The second kappa shape index (κ2) is 6.28. The van der Waals surface area contributed by atoms with Gasteiger partial charge in [-0.1, -0.05) is 13.8 Å². The molecular weight excluding hydrogens is 266 g/mol. The average Bonchev–Trinajstić information content (AvgIpc) is 2.46. The van der Waals surface area contributed by atoms with Crippen LogP contribution in [0, 0.1) is 5.92 Å². The highest BCUT2D eigenvalue weighted by atomic mass is 16.1. The molecule has 0 spiro atoms. The summed E-state index contributed by atoms with van der Waals surface area (Å²) in [5.74, 6) is 2.42. The van der Waals surface area contributed by atoms with Crippen molar-refractivity contribution in [3.63, 3.8) is 0 Å². The van der Waals surface area contributed by atoms with E-state index in [0.717, 1.165) is 30.3 Å². The van der Waals surface area contributed by atoms with Gasteiger partial charge in [-0.25, -0.2) is 9.97 Å². The first kappa shape index (κ1) is 15.5. The number of amides is 1. The molecule has 1 aliphatic heterocycles. The Morgan fingerprint density at radius 3 is 2.71 bits per heavy atom. The van der Waals surface area contributed by atoms with Crippen molar-refractivity contribution < 1.29 is 4.79 Å². The summed E-state index contributed by atoms with van der Waals surface area (Å²) in [4.78, 5) is 22.8. The minimum absolute atomic E-state index is 0.100. The second-order valence-electron chi connectivity index (χ2n) is 6.05. The van der Waals surface area contributed by atoms with Gasteiger partial charge in [-0.3, -0.25) is 4.79 Å². The fraction of sp³-hybridized carbons (Fsp3) is 0.667. The molecule has 1 aromatic rings. The molecular formula is C15H25N5O. The first-order valence-corrected chi connectivity index (χ1v) is 7.55. The zero-order valence-electron chi connectivity index (χ0n) is 13.3. The fourth-order valence-electron chi connectivity index (χ4n) is 2.64. The standard InChI is InChI=1S/C15H25N5O/c1-9(2)15-18-12(17-4)7-13(19-15)20-8-11(14(16)21)6-5-10(20)3/h7,9-11H,5-6,8H2,1-4H3,(H2,16,21)(H,17,18,19). The largest absolute Gasteiger partial charge is 0.373 e. The van der Waals surface area contributed by atoms with E-state index in [1.165, 1.54) is 0 Å². The van der Waals surface area contributed by atoms with Gasteiger partial charge in [0.1, 0.15) is 17.5 Å². The number of aromatic nitrogens is 2. The molecule has 6 nitrogen and oxygen atoms in total. The molecule has 21 heavy (non-hydrogen) atoms. The van der Waals surface area contributed by atoms with Gasteiger partial charge >= 0.3 is 0 Å². The molecule has 2 atom stereocenters. The van der Waals surface area contributed by atoms with Crippen LogP contribution < -0.4 is 16.0 Å². The van der Waals surface area contributed by atoms with Crippen LogP contribution >= 0.6 is 0 Å². The third-order valence-corrected chi connectivity index (χ3v) is 4.08. The van der Waals surface area contributed by atoms with E-state index in [4.69, 9.17) is 5.73 Å². The lowest BCUT2D eigenvalue weighted by atomic mass is 9.93. The highest BCUT2D eigenvalue weighted by Crippen LogP contribution is 2.28.